The van der Waals surface area contributed by atoms with Gasteiger partial charge in [0.15, 0.2) is 0 Å². The molecule has 4 rings (SSSR count). The molecule has 6 heteroatoms. The average molecular weight is 384 g/mol. The first-order valence-corrected chi connectivity index (χ1v) is 9.31. The number of hydrogen-bond donors (Lipinski definition) is 1. The maximum absolute atomic E-state index is 13.1. The van der Waals surface area contributed by atoms with Crippen molar-refractivity contribution in [2.75, 3.05) is 0 Å². The number of benzene rings is 1. The van der Waals surface area contributed by atoms with Gasteiger partial charge in [-0.1, -0.05) is 18.2 Å². The highest BCUT2D eigenvalue weighted by atomic mass is 16.2. The van der Waals surface area contributed by atoms with Gasteiger partial charge in [-0.05, 0) is 53.8 Å². The number of nitrogens with one attached hydrogen (secondary N) is 1. The minimum absolute atomic E-state index is 0.182. The normalized spacial score (nSPS) is 10.8. The first-order valence-electron chi connectivity index (χ1n) is 9.31. The molecule has 0 atom stereocenters. The summed E-state index contributed by atoms with van der Waals surface area (Å²) in [6, 6.07) is 14.9. The Hall–Kier alpha value is -3.80. The smallest absolute Gasteiger partial charge is 0.256 e. The Balaban J connectivity index is 1.70. The molecule has 1 amide bonds. The lowest BCUT2D eigenvalue weighted by molar-refractivity contribution is 0.0729. The van der Waals surface area contributed by atoms with Gasteiger partial charge < -0.3 is 9.88 Å². The average Bonchev–Trinajstić information content (AvgIpc) is 2.74. The highest BCUT2D eigenvalue weighted by Crippen LogP contribution is 2.16. The van der Waals surface area contributed by atoms with Gasteiger partial charge in [0.25, 0.3) is 11.5 Å². The van der Waals surface area contributed by atoms with E-state index in [0.717, 1.165) is 22.0 Å². The quantitative estimate of drug-likeness (QED) is 0.571. The first kappa shape index (κ1) is 18.6. The molecular weight excluding hydrogens is 364 g/mol. The highest BCUT2D eigenvalue weighted by molar-refractivity contribution is 5.93. The van der Waals surface area contributed by atoms with E-state index in [2.05, 4.69) is 15.0 Å². The van der Waals surface area contributed by atoms with Crippen molar-refractivity contribution in [1.82, 2.24) is 19.9 Å². The summed E-state index contributed by atoms with van der Waals surface area (Å²) in [5, 5.41) is 0.931. The zero-order valence-electron chi connectivity index (χ0n) is 16.0. The number of amides is 1. The number of H-pyrrole nitrogens is 1. The lowest BCUT2D eigenvalue weighted by Crippen LogP contribution is -2.32. The van der Waals surface area contributed by atoms with E-state index in [0.29, 0.717) is 17.7 Å². The molecule has 144 valence electrons. The molecule has 0 saturated carbocycles. The molecule has 29 heavy (non-hydrogen) atoms. The fourth-order valence-corrected chi connectivity index (χ4v) is 3.27. The van der Waals surface area contributed by atoms with Crippen LogP contribution in [0.3, 0.4) is 0 Å². The number of nitrogens with zero attached hydrogens (tertiary/aromatic N) is 3. The second kappa shape index (κ2) is 8.06. The van der Waals surface area contributed by atoms with E-state index in [1.807, 2.05) is 43.3 Å². The van der Waals surface area contributed by atoms with Gasteiger partial charge in [0, 0.05) is 42.4 Å². The van der Waals surface area contributed by atoms with Crippen molar-refractivity contribution in [3.05, 3.63) is 106 Å². The lowest BCUT2D eigenvalue weighted by Gasteiger charge is -2.23. The minimum Gasteiger partial charge on any atom is -0.330 e. The molecule has 1 aromatic carbocycles. The van der Waals surface area contributed by atoms with Crippen LogP contribution in [0.2, 0.25) is 0 Å². The summed E-state index contributed by atoms with van der Waals surface area (Å²) in [7, 11) is 0. The second-order valence-electron chi connectivity index (χ2n) is 6.98. The SMILES string of the molecule is Cc1ccc2cc(CN(Cc3cccnc3)C(=O)c3cccnc3)c(=O)[nH]c2c1. The molecule has 0 unspecified atom stereocenters. The van der Waals surface area contributed by atoms with Crippen LogP contribution in [0.1, 0.15) is 27.0 Å². The van der Waals surface area contributed by atoms with Crippen LogP contribution in [0, 0.1) is 6.92 Å². The summed E-state index contributed by atoms with van der Waals surface area (Å²) in [4.78, 5) is 38.5. The number of aryl methyl sites for hydroxylation is 1. The molecule has 0 aliphatic carbocycles. The van der Waals surface area contributed by atoms with Crippen LogP contribution in [0.5, 0.6) is 0 Å². The van der Waals surface area contributed by atoms with E-state index in [9.17, 15) is 9.59 Å². The molecule has 0 fully saturated rings. The van der Waals surface area contributed by atoms with Gasteiger partial charge in [-0.15, -0.1) is 0 Å². The number of aromatic nitrogens is 3. The summed E-state index contributed by atoms with van der Waals surface area (Å²) in [6.45, 7) is 2.50. The fraction of sp³-hybridized carbons (Fsp3) is 0.130. The largest absolute Gasteiger partial charge is 0.330 e. The van der Waals surface area contributed by atoms with Gasteiger partial charge in [-0.3, -0.25) is 19.6 Å². The number of aromatic amines is 1. The van der Waals surface area contributed by atoms with Crippen LogP contribution in [0.25, 0.3) is 10.9 Å². The van der Waals surface area contributed by atoms with Gasteiger partial charge in [-0.2, -0.15) is 0 Å². The van der Waals surface area contributed by atoms with E-state index in [4.69, 9.17) is 0 Å². The van der Waals surface area contributed by atoms with Gasteiger partial charge in [-0.25, -0.2) is 0 Å². The Labute approximate surface area is 167 Å². The maximum atomic E-state index is 13.1. The molecule has 1 N–H and O–H groups in total. The van der Waals surface area contributed by atoms with Crippen LogP contribution in [0.4, 0.5) is 0 Å². The summed E-state index contributed by atoms with van der Waals surface area (Å²) in [5.74, 6) is -0.189. The molecule has 6 nitrogen and oxygen atoms in total. The van der Waals surface area contributed by atoms with E-state index in [1.54, 1.807) is 35.6 Å². The molecular formula is C23H20N4O2. The summed E-state index contributed by atoms with van der Waals surface area (Å²) >= 11 is 0. The number of pyridine rings is 3. The van der Waals surface area contributed by atoms with E-state index < -0.39 is 0 Å². The Morgan fingerprint density at radius 3 is 2.52 bits per heavy atom. The van der Waals surface area contributed by atoms with Gasteiger partial charge in [0.1, 0.15) is 0 Å². The Morgan fingerprint density at radius 2 is 1.79 bits per heavy atom. The topological polar surface area (TPSA) is 79.0 Å². The predicted octanol–water partition coefficient (Wildman–Crippen LogP) is 3.47. The predicted molar refractivity (Wildman–Crippen MR) is 111 cm³/mol. The van der Waals surface area contributed by atoms with Crippen molar-refractivity contribution in [3.8, 4) is 0 Å². The second-order valence-corrected chi connectivity index (χ2v) is 6.98. The van der Waals surface area contributed by atoms with Crippen LogP contribution in [0.15, 0.2) is 78.1 Å². The number of fused-ring (bicyclic) bond motifs is 1. The zero-order valence-corrected chi connectivity index (χ0v) is 16.0. The van der Waals surface area contributed by atoms with Gasteiger partial charge in [0.05, 0.1) is 12.1 Å². The van der Waals surface area contributed by atoms with Crippen LogP contribution in [-0.4, -0.2) is 25.8 Å². The number of rotatable bonds is 5. The third-order valence-electron chi connectivity index (χ3n) is 4.73. The summed E-state index contributed by atoms with van der Waals surface area (Å²) in [6.07, 6.45) is 6.56. The molecule has 4 aromatic rings. The van der Waals surface area contributed by atoms with Crippen LogP contribution >= 0.6 is 0 Å². The molecule has 0 radical (unpaired) electrons. The van der Waals surface area contributed by atoms with Crippen molar-refractivity contribution < 1.29 is 4.79 Å². The lowest BCUT2D eigenvalue weighted by atomic mass is 10.1. The zero-order chi connectivity index (χ0) is 20.2. The van der Waals surface area contributed by atoms with Crippen molar-refractivity contribution in [2.45, 2.75) is 20.0 Å². The Kier molecular flexibility index (Phi) is 5.16. The minimum atomic E-state index is -0.196. The Morgan fingerprint density at radius 1 is 1.00 bits per heavy atom. The summed E-state index contributed by atoms with van der Waals surface area (Å²) < 4.78 is 0. The van der Waals surface area contributed by atoms with E-state index >= 15 is 0 Å². The van der Waals surface area contributed by atoms with Crippen molar-refractivity contribution in [1.29, 1.82) is 0 Å². The van der Waals surface area contributed by atoms with Crippen molar-refractivity contribution in [2.24, 2.45) is 0 Å². The molecule has 0 aliphatic rings. The molecule has 3 heterocycles. The first-order chi connectivity index (χ1) is 14.1. The summed E-state index contributed by atoms with van der Waals surface area (Å²) in [5.41, 5.74) is 3.56. The van der Waals surface area contributed by atoms with Gasteiger partial charge in [0.2, 0.25) is 0 Å². The fourth-order valence-electron chi connectivity index (χ4n) is 3.27. The number of hydrogen-bond acceptors (Lipinski definition) is 4. The Bertz CT molecular complexity index is 1200. The maximum Gasteiger partial charge on any atom is 0.256 e. The van der Waals surface area contributed by atoms with Crippen LogP contribution in [-0.2, 0) is 13.1 Å². The molecule has 0 aliphatic heterocycles. The molecule has 3 aromatic heterocycles. The molecule has 0 spiro atoms. The van der Waals surface area contributed by atoms with E-state index in [-0.39, 0.29) is 18.0 Å². The van der Waals surface area contributed by atoms with Crippen molar-refractivity contribution >= 4 is 16.8 Å². The molecule has 0 bridgehead atoms. The van der Waals surface area contributed by atoms with Crippen molar-refractivity contribution in [3.63, 3.8) is 0 Å². The monoisotopic (exact) mass is 384 g/mol. The van der Waals surface area contributed by atoms with E-state index in [1.165, 1.54) is 6.20 Å². The number of carbonyl (C=O) groups excluding carboxylic acids is 1. The highest BCUT2D eigenvalue weighted by Gasteiger charge is 2.18. The standard InChI is InChI=1S/C23H20N4O2/c1-16-6-7-18-11-20(22(28)26-21(18)10-16)15-27(14-17-4-2-8-24-12-17)23(29)19-5-3-9-25-13-19/h2-13H,14-15H2,1H3,(H,26,28). The number of carbonyl (C=O) groups is 1. The third kappa shape index (κ3) is 4.21. The van der Waals surface area contributed by atoms with Gasteiger partial charge >= 0.3 is 0 Å². The van der Waals surface area contributed by atoms with Crippen LogP contribution < -0.4 is 5.56 Å². The molecule has 0 saturated heterocycles. The third-order valence-corrected chi connectivity index (χ3v) is 4.73.